The molecule has 0 aromatic heterocycles. The highest BCUT2D eigenvalue weighted by molar-refractivity contribution is 7.88. The number of rotatable bonds is 3. The fourth-order valence-electron chi connectivity index (χ4n) is 7.00. The van der Waals surface area contributed by atoms with Gasteiger partial charge in [0.2, 0.25) is 10.0 Å². The molecule has 7 heteroatoms. The summed E-state index contributed by atoms with van der Waals surface area (Å²) in [6, 6.07) is 8.42. The number of anilines is 1. The second kappa shape index (κ2) is 7.52. The second-order valence-corrected chi connectivity index (χ2v) is 12.2. The number of hydrogen-bond donors (Lipinski definition) is 1. The summed E-state index contributed by atoms with van der Waals surface area (Å²) in [5, 5.41) is 3.01. The van der Waals surface area contributed by atoms with Crippen molar-refractivity contribution in [2.75, 3.05) is 37.8 Å². The lowest BCUT2D eigenvalue weighted by Crippen LogP contribution is -2.48. The Labute approximate surface area is 180 Å². The van der Waals surface area contributed by atoms with Gasteiger partial charge in [-0.15, -0.1) is 0 Å². The first kappa shape index (κ1) is 20.3. The van der Waals surface area contributed by atoms with Gasteiger partial charge in [-0.3, -0.25) is 0 Å². The van der Waals surface area contributed by atoms with Gasteiger partial charge in [-0.1, -0.05) is 12.1 Å². The Balaban J connectivity index is 1.23. The molecule has 1 aromatic carbocycles. The molecule has 0 radical (unpaired) electrons. The Kier molecular flexibility index (Phi) is 5.09. The summed E-state index contributed by atoms with van der Waals surface area (Å²) in [7, 11) is -3.21. The molecule has 30 heavy (non-hydrogen) atoms. The topological polar surface area (TPSA) is 69.7 Å². The Morgan fingerprint density at radius 2 is 1.53 bits per heavy atom. The predicted octanol–water partition coefficient (Wildman–Crippen LogP) is 3.65. The molecule has 1 aliphatic heterocycles. The largest absolute Gasteiger partial charge is 0.323 e. The number of urea groups is 1. The van der Waals surface area contributed by atoms with Crippen molar-refractivity contribution in [2.45, 2.75) is 50.4 Å². The van der Waals surface area contributed by atoms with Crippen molar-refractivity contribution in [1.82, 2.24) is 9.21 Å². The lowest BCUT2D eigenvalue weighted by Gasteiger charge is -2.57. The zero-order valence-electron chi connectivity index (χ0n) is 17.8. The maximum atomic E-state index is 12.7. The van der Waals surface area contributed by atoms with Crippen LogP contribution in [0.5, 0.6) is 0 Å². The summed E-state index contributed by atoms with van der Waals surface area (Å²) in [5.74, 6) is 2.76. The summed E-state index contributed by atoms with van der Waals surface area (Å²) in [5.41, 5.74) is 2.65. The van der Waals surface area contributed by atoms with E-state index in [-0.39, 0.29) is 6.03 Å². The minimum absolute atomic E-state index is 0.145. The molecule has 4 saturated carbocycles. The zero-order chi connectivity index (χ0) is 20.9. The SMILES string of the molecule is CS(=O)(=O)N1CCCN(C(=O)Nc2ccc(C34CC5CC(CC(C5)C3)C4)cc2)CC1. The van der Waals surface area contributed by atoms with Crippen LogP contribution in [0.2, 0.25) is 0 Å². The molecule has 164 valence electrons. The van der Waals surface area contributed by atoms with E-state index in [4.69, 9.17) is 0 Å². The summed E-state index contributed by atoms with van der Waals surface area (Å²) in [6.45, 7) is 1.83. The fraction of sp³-hybridized carbons (Fsp3) is 0.696. The van der Waals surface area contributed by atoms with Crippen LogP contribution >= 0.6 is 0 Å². The molecule has 6 rings (SSSR count). The van der Waals surface area contributed by atoms with E-state index in [1.807, 2.05) is 12.1 Å². The van der Waals surface area contributed by atoms with Crippen molar-refractivity contribution in [2.24, 2.45) is 17.8 Å². The van der Waals surface area contributed by atoms with Crippen LogP contribution in [-0.2, 0) is 15.4 Å². The highest BCUT2D eigenvalue weighted by atomic mass is 32.2. The summed E-state index contributed by atoms with van der Waals surface area (Å²) < 4.78 is 25.0. The number of nitrogens with zero attached hydrogens (tertiary/aromatic N) is 2. The monoisotopic (exact) mass is 431 g/mol. The van der Waals surface area contributed by atoms with Crippen LogP contribution in [0.25, 0.3) is 0 Å². The van der Waals surface area contributed by atoms with Gasteiger partial charge in [-0.05, 0) is 85.8 Å². The first-order valence-corrected chi connectivity index (χ1v) is 13.3. The molecule has 1 heterocycles. The molecular formula is C23H33N3O3S. The Morgan fingerprint density at radius 3 is 2.10 bits per heavy atom. The number of carbonyl (C=O) groups is 1. The van der Waals surface area contributed by atoms with Gasteiger partial charge in [0.15, 0.2) is 0 Å². The van der Waals surface area contributed by atoms with Gasteiger partial charge < -0.3 is 10.2 Å². The summed E-state index contributed by atoms with van der Waals surface area (Å²) >= 11 is 0. The number of sulfonamides is 1. The van der Waals surface area contributed by atoms with E-state index < -0.39 is 10.0 Å². The van der Waals surface area contributed by atoms with Crippen LogP contribution in [-0.4, -0.2) is 56.1 Å². The number of carbonyl (C=O) groups excluding carboxylic acids is 1. The number of amides is 2. The zero-order valence-corrected chi connectivity index (χ0v) is 18.7. The number of hydrogen-bond acceptors (Lipinski definition) is 3. The summed E-state index contributed by atoms with van der Waals surface area (Å²) in [6.07, 6.45) is 10.2. The van der Waals surface area contributed by atoms with Crippen molar-refractivity contribution in [1.29, 1.82) is 0 Å². The smallest absolute Gasteiger partial charge is 0.321 e. The van der Waals surface area contributed by atoms with Gasteiger partial charge in [0.05, 0.1) is 6.26 Å². The van der Waals surface area contributed by atoms with Crippen LogP contribution in [0.4, 0.5) is 10.5 Å². The van der Waals surface area contributed by atoms with Crippen LogP contribution in [0.15, 0.2) is 24.3 Å². The lowest BCUT2D eigenvalue weighted by molar-refractivity contribution is -0.00518. The molecule has 0 spiro atoms. The molecule has 6 nitrogen and oxygen atoms in total. The van der Waals surface area contributed by atoms with E-state index in [1.165, 1.54) is 54.6 Å². The van der Waals surface area contributed by atoms with Crippen LogP contribution in [0.1, 0.15) is 50.5 Å². The van der Waals surface area contributed by atoms with Crippen molar-refractivity contribution in [3.05, 3.63) is 29.8 Å². The maximum Gasteiger partial charge on any atom is 0.321 e. The van der Waals surface area contributed by atoms with E-state index in [1.54, 1.807) is 4.90 Å². The number of nitrogens with one attached hydrogen (secondary N) is 1. The van der Waals surface area contributed by atoms with E-state index in [0.29, 0.717) is 38.0 Å². The fourth-order valence-corrected chi connectivity index (χ4v) is 7.88. The average molecular weight is 432 g/mol. The Bertz CT molecular complexity index is 877. The minimum Gasteiger partial charge on any atom is -0.323 e. The quantitative estimate of drug-likeness (QED) is 0.794. The van der Waals surface area contributed by atoms with Gasteiger partial charge in [-0.25, -0.2) is 17.5 Å². The molecular weight excluding hydrogens is 398 g/mol. The van der Waals surface area contributed by atoms with Crippen molar-refractivity contribution >= 4 is 21.7 Å². The maximum absolute atomic E-state index is 12.7. The van der Waals surface area contributed by atoms with Gasteiger partial charge >= 0.3 is 6.03 Å². The van der Waals surface area contributed by atoms with Crippen molar-refractivity contribution in [3.63, 3.8) is 0 Å². The Morgan fingerprint density at radius 1 is 0.933 bits per heavy atom. The molecule has 5 aliphatic rings. The Hall–Kier alpha value is -1.60. The van der Waals surface area contributed by atoms with Crippen molar-refractivity contribution < 1.29 is 13.2 Å². The van der Waals surface area contributed by atoms with Gasteiger partial charge in [0, 0.05) is 31.9 Å². The van der Waals surface area contributed by atoms with E-state index in [9.17, 15) is 13.2 Å². The minimum atomic E-state index is -3.21. The second-order valence-electron chi connectivity index (χ2n) is 10.2. The molecule has 2 amide bonds. The normalized spacial score (nSPS) is 34.0. The molecule has 4 aliphatic carbocycles. The van der Waals surface area contributed by atoms with Gasteiger partial charge in [0.25, 0.3) is 0 Å². The van der Waals surface area contributed by atoms with Crippen LogP contribution < -0.4 is 5.32 Å². The average Bonchev–Trinajstić information content (AvgIpc) is 2.94. The highest BCUT2D eigenvalue weighted by Crippen LogP contribution is 2.60. The first-order chi connectivity index (χ1) is 14.3. The standard InChI is InChI=1S/C23H33N3O3S/c1-30(28,29)26-8-2-7-25(9-10-26)22(27)24-21-5-3-20(4-6-21)23-14-17-11-18(15-23)13-19(12-17)16-23/h3-6,17-19H,2,7-16H2,1H3,(H,24,27). The van der Waals surface area contributed by atoms with E-state index in [0.717, 1.165) is 23.4 Å². The van der Waals surface area contributed by atoms with Crippen molar-refractivity contribution in [3.8, 4) is 0 Å². The van der Waals surface area contributed by atoms with Gasteiger partial charge in [0.1, 0.15) is 0 Å². The lowest BCUT2D eigenvalue weighted by atomic mass is 9.48. The third-order valence-corrected chi connectivity index (χ3v) is 9.30. The van der Waals surface area contributed by atoms with E-state index >= 15 is 0 Å². The van der Waals surface area contributed by atoms with E-state index in [2.05, 4.69) is 17.4 Å². The molecule has 0 atom stereocenters. The molecule has 4 bridgehead atoms. The first-order valence-electron chi connectivity index (χ1n) is 11.4. The van der Waals surface area contributed by atoms with Crippen LogP contribution in [0.3, 0.4) is 0 Å². The molecule has 1 N–H and O–H groups in total. The third kappa shape index (κ3) is 3.86. The molecule has 1 saturated heterocycles. The van der Waals surface area contributed by atoms with Crippen LogP contribution in [0, 0.1) is 17.8 Å². The molecule has 0 unspecified atom stereocenters. The highest BCUT2D eigenvalue weighted by Gasteiger charge is 2.51. The molecule has 1 aromatic rings. The number of benzene rings is 1. The molecule has 5 fully saturated rings. The van der Waals surface area contributed by atoms with Gasteiger partial charge in [-0.2, -0.15) is 0 Å². The third-order valence-electron chi connectivity index (χ3n) is 8.00. The summed E-state index contributed by atoms with van der Waals surface area (Å²) in [4.78, 5) is 14.5. The predicted molar refractivity (Wildman–Crippen MR) is 118 cm³/mol.